The zero-order chi connectivity index (χ0) is 15.4. The van der Waals surface area contributed by atoms with Crippen LogP contribution in [0.4, 0.5) is 4.79 Å². The van der Waals surface area contributed by atoms with Gasteiger partial charge in [0.2, 0.25) is 0 Å². The number of fused-ring (bicyclic) bond motifs is 1. The maximum Gasteiger partial charge on any atom is 0.315 e. The molecule has 2 aromatic rings. The van der Waals surface area contributed by atoms with Crippen LogP contribution in [-0.2, 0) is 6.42 Å². The molecule has 1 aliphatic heterocycles. The molecule has 0 bridgehead atoms. The van der Waals surface area contributed by atoms with Crippen LogP contribution >= 0.6 is 11.8 Å². The van der Waals surface area contributed by atoms with Gasteiger partial charge in [-0.2, -0.15) is 0 Å². The van der Waals surface area contributed by atoms with E-state index in [-0.39, 0.29) is 18.1 Å². The molecule has 0 saturated carbocycles. The number of rotatable bonds is 4. The highest BCUT2D eigenvalue weighted by Gasteiger charge is 2.22. The Morgan fingerprint density at radius 2 is 2.23 bits per heavy atom. The third-order valence-corrected chi connectivity index (χ3v) is 4.85. The summed E-state index contributed by atoms with van der Waals surface area (Å²) in [4.78, 5) is 13.5. The van der Waals surface area contributed by atoms with Crippen molar-refractivity contribution < 1.29 is 9.21 Å². The van der Waals surface area contributed by atoms with Crippen molar-refractivity contribution in [2.45, 2.75) is 36.7 Å². The van der Waals surface area contributed by atoms with Crippen molar-refractivity contribution in [2.24, 2.45) is 0 Å². The van der Waals surface area contributed by atoms with Crippen LogP contribution in [0.1, 0.15) is 30.7 Å². The second-order valence-corrected chi connectivity index (χ2v) is 6.67. The highest BCUT2D eigenvalue weighted by atomic mass is 32.2. The summed E-state index contributed by atoms with van der Waals surface area (Å²) in [6.07, 6.45) is 3.30. The molecule has 1 aromatic carbocycles. The fourth-order valence-corrected chi connectivity index (χ4v) is 3.82. The summed E-state index contributed by atoms with van der Waals surface area (Å²) in [5.74, 6) is 1.91. The number of nitrogens with one attached hydrogen (secondary N) is 2. The van der Waals surface area contributed by atoms with Gasteiger partial charge in [0, 0.05) is 23.1 Å². The van der Waals surface area contributed by atoms with Gasteiger partial charge in [0.25, 0.3) is 0 Å². The van der Waals surface area contributed by atoms with Crippen LogP contribution in [0.3, 0.4) is 0 Å². The Labute approximate surface area is 134 Å². The molecule has 2 amide bonds. The van der Waals surface area contributed by atoms with Gasteiger partial charge >= 0.3 is 6.03 Å². The van der Waals surface area contributed by atoms with Gasteiger partial charge in [0.05, 0.1) is 12.3 Å². The van der Waals surface area contributed by atoms with Crippen LogP contribution in [0.15, 0.2) is 52.0 Å². The molecule has 2 unspecified atom stereocenters. The van der Waals surface area contributed by atoms with E-state index in [0.717, 1.165) is 17.9 Å². The summed E-state index contributed by atoms with van der Waals surface area (Å²) in [7, 11) is 0. The zero-order valence-corrected chi connectivity index (χ0v) is 13.4. The lowest BCUT2D eigenvalue weighted by atomic mass is 10.0. The van der Waals surface area contributed by atoms with Gasteiger partial charge in [0.1, 0.15) is 5.76 Å². The minimum atomic E-state index is -0.120. The Balaban J connectivity index is 1.56. The lowest BCUT2D eigenvalue weighted by Gasteiger charge is -2.26. The monoisotopic (exact) mass is 316 g/mol. The van der Waals surface area contributed by atoms with E-state index in [2.05, 4.69) is 22.8 Å². The van der Waals surface area contributed by atoms with Gasteiger partial charge in [-0.1, -0.05) is 18.2 Å². The van der Waals surface area contributed by atoms with Crippen molar-refractivity contribution >= 4 is 17.8 Å². The van der Waals surface area contributed by atoms with Crippen molar-refractivity contribution in [2.75, 3.05) is 5.75 Å². The van der Waals surface area contributed by atoms with E-state index < -0.39 is 0 Å². The first-order valence-electron chi connectivity index (χ1n) is 7.53. The molecule has 22 heavy (non-hydrogen) atoms. The van der Waals surface area contributed by atoms with Crippen LogP contribution in [0.5, 0.6) is 0 Å². The second-order valence-electron chi connectivity index (χ2n) is 5.53. The van der Waals surface area contributed by atoms with Crippen LogP contribution < -0.4 is 10.6 Å². The number of urea groups is 1. The molecule has 0 radical (unpaired) electrons. The Bertz CT molecular complexity index is 627. The molecule has 1 aliphatic rings. The van der Waals surface area contributed by atoms with Crippen molar-refractivity contribution in [1.29, 1.82) is 0 Å². The van der Waals surface area contributed by atoms with Gasteiger partial charge < -0.3 is 15.1 Å². The number of thioether (sulfide) groups is 1. The lowest BCUT2D eigenvalue weighted by molar-refractivity contribution is 0.233. The van der Waals surface area contributed by atoms with Crippen LogP contribution in [0.25, 0.3) is 0 Å². The second kappa shape index (κ2) is 6.92. The van der Waals surface area contributed by atoms with Crippen molar-refractivity contribution in [1.82, 2.24) is 10.6 Å². The summed E-state index contributed by atoms with van der Waals surface area (Å²) >= 11 is 1.85. The van der Waals surface area contributed by atoms with E-state index in [1.807, 2.05) is 43.0 Å². The maximum absolute atomic E-state index is 12.2. The number of hydrogen-bond acceptors (Lipinski definition) is 3. The molecule has 2 atom stereocenters. The summed E-state index contributed by atoms with van der Waals surface area (Å²) in [6, 6.07) is 12.1. The zero-order valence-electron chi connectivity index (χ0n) is 12.5. The summed E-state index contributed by atoms with van der Waals surface area (Å²) in [6.45, 7) is 1.98. The third-order valence-electron chi connectivity index (χ3n) is 3.73. The molecule has 116 valence electrons. The first kappa shape index (κ1) is 15.0. The standard InChI is InChI=1S/C17H20N2O2S/c1-12(11-13-5-4-9-21-13)18-17(20)19-15-8-10-22-16-7-3-2-6-14(15)16/h2-7,9,12,15H,8,10-11H2,1H3,(H2,18,19,20). The quantitative estimate of drug-likeness (QED) is 0.903. The number of hydrogen-bond donors (Lipinski definition) is 2. The number of carbonyl (C=O) groups is 1. The first-order chi connectivity index (χ1) is 10.7. The van der Waals surface area contributed by atoms with E-state index in [1.165, 1.54) is 10.5 Å². The number of furan rings is 1. The normalized spacial score (nSPS) is 18.3. The largest absolute Gasteiger partial charge is 0.469 e. The fourth-order valence-electron chi connectivity index (χ4n) is 2.70. The molecule has 0 saturated heterocycles. The van der Waals surface area contributed by atoms with Gasteiger partial charge in [-0.15, -0.1) is 11.8 Å². The number of carbonyl (C=O) groups excluding carboxylic acids is 1. The smallest absolute Gasteiger partial charge is 0.315 e. The molecule has 3 rings (SSSR count). The third kappa shape index (κ3) is 3.65. The molecular weight excluding hydrogens is 296 g/mol. The van der Waals surface area contributed by atoms with E-state index in [0.29, 0.717) is 6.42 Å². The Morgan fingerprint density at radius 1 is 1.36 bits per heavy atom. The van der Waals surface area contributed by atoms with Crippen LogP contribution in [-0.4, -0.2) is 17.8 Å². The van der Waals surface area contributed by atoms with Crippen molar-refractivity contribution in [3.8, 4) is 0 Å². The highest BCUT2D eigenvalue weighted by Crippen LogP contribution is 2.35. The Hall–Kier alpha value is -1.88. The van der Waals surface area contributed by atoms with Gasteiger partial charge in [-0.3, -0.25) is 0 Å². The molecule has 0 spiro atoms. The summed E-state index contributed by atoms with van der Waals surface area (Å²) in [5.41, 5.74) is 1.22. The molecule has 2 heterocycles. The average Bonchev–Trinajstić information content (AvgIpc) is 3.00. The lowest BCUT2D eigenvalue weighted by Crippen LogP contribution is -2.43. The van der Waals surface area contributed by atoms with E-state index in [1.54, 1.807) is 6.26 Å². The minimum absolute atomic E-state index is 0.0272. The number of amides is 2. The molecule has 1 aromatic heterocycles. The van der Waals surface area contributed by atoms with Crippen LogP contribution in [0, 0.1) is 0 Å². The number of benzene rings is 1. The SMILES string of the molecule is CC(Cc1ccco1)NC(=O)NC1CCSc2ccccc21. The predicted octanol–water partition coefficient (Wildman–Crippen LogP) is 3.75. The molecule has 5 heteroatoms. The van der Waals surface area contributed by atoms with Crippen molar-refractivity contribution in [3.05, 3.63) is 54.0 Å². The highest BCUT2D eigenvalue weighted by molar-refractivity contribution is 7.99. The Kier molecular flexibility index (Phi) is 4.73. The van der Waals surface area contributed by atoms with E-state index in [4.69, 9.17) is 4.42 Å². The molecule has 2 N–H and O–H groups in total. The Morgan fingerprint density at radius 3 is 3.05 bits per heavy atom. The van der Waals surface area contributed by atoms with Gasteiger partial charge in [-0.05, 0) is 37.1 Å². The van der Waals surface area contributed by atoms with E-state index in [9.17, 15) is 4.79 Å². The molecule has 0 aliphatic carbocycles. The fraction of sp³-hybridized carbons (Fsp3) is 0.353. The maximum atomic E-state index is 12.2. The summed E-state index contributed by atoms with van der Waals surface area (Å²) in [5, 5.41) is 6.07. The molecule has 0 fully saturated rings. The topological polar surface area (TPSA) is 54.3 Å². The van der Waals surface area contributed by atoms with Crippen molar-refractivity contribution in [3.63, 3.8) is 0 Å². The molecular formula is C17H20N2O2S. The molecule has 4 nitrogen and oxygen atoms in total. The van der Waals surface area contributed by atoms with Gasteiger partial charge in [-0.25, -0.2) is 4.79 Å². The van der Waals surface area contributed by atoms with E-state index >= 15 is 0 Å². The summed E-state index contributed by atoms with van der Waals surface area (Å²) < 4.78 is 5.31. The average molecular weight is 316 g/mol. The minimum Gasteiger partial charge on any atom is -0.469 e. The van der Waals surface area contributed by atoms with Gasteiger partial charge in [0.15, 0.2) is 0 Å². The predicted molar refractivity (Wildman–Crippen MR) is 88.1 cm³/mol. The first-order valence-corrected chi connectivity index (χ1v) is 8.52. The van der Waals surface area contributed by atoms with Crippen LogP contribution in [0.2, 0.25) is 0 Å².